The molecule has 126 valence electrons. The van der Waals surface area contributed by atoms with Gasteiger partial charge in [-0.15, -0.1) is 0 Å². The number of hydrogen-bond acceptors (Lipinski definition) is 4. The summed E-state index contributed by atoms with van der Waals surface area (Å²) in [4.78, 5) is 25.9. The Labute approximate surface area is 141 Å². The molecule has 1 aliphatic heterocycles. The van der Waals surface area contributed by atoms with Crippen molar-refractivity contribution in [3.8, 4) is 0 Å². The molecule has 1 saturated heterocycles. The third kappa shape index (κ3) is 5.52. The number of halogens is 1. The zero-order valence-corrected chi connectivity index (χ0v) is 14.1. The van der Waals surface area contributed by atoms with Crippen molar-refractivity contribution in [2.75, 3.05) is 19.8 Å². The lowest BCUT2D eigenvalue weighted by atomic mass is 10.1. The molecule has 0 aromatic heterocycles. The van der Waals surface area contributed by atoms with Crippen molar-refractivity contribution in [1.82, 2.24) is 4.90 Å². The first-order valence-electron chi connectivity index (χ1n) is 7.90. The minimum absolute atomic E-state index is 0.0678. The van der Waals surface area contributed by atoms with Gasteiger partial charge < -0.3 is 14.4 Å². The van der Waals surface area contributed by atoms with E-state index in [0.29, 0.717) is 31.3 Å². The molecule has 0 N–H and O–H groups in total. The molecule has 6 heteroatoms. The van der Waals surface area contributed by atoms with Crippen molar-refractivity contribution in [1.29, 1.82) is 0 Å². The summed E-state index contributed by atoms with van der Waals surface area (Å²) in [5.41, 5.74) is 0.963. The van der Waals surface area contributed by atoms with Crippen molar-refractivity contribution in [2.24, 2.45) is 0 Å². The predicted octanol–water partition coefficient (Wildman–Crippen LogP) is 2.80. The molecular weight excluding hydrogens is 318 g/mol. The van der Waals surface area contributed by atoms with Crippen LogP contribution in [0, 0.1) is 0 Å². The average Bonchev–Trinajstić information content (AvgIpc) is 3.07. The number of esters is 1. The first-order valence-corrected chi connectivity index (χ1v) is 8.28. The maximum atomic E-state index is 12.6. The number of nitrogens with zero attached hydrogens (tertiary/aromatic N) is 1. The maximum Gasteiger partial charge on any atom is 0.307 e. The minimum atomic E-state index is -0.399. The fourth-order valence-electron chi connectivity index (χ4n) is 2.51. The van der Waals surface area contributed by atoms with E-state index in [2.05, 4.69) is 0 Å². The van der Waals surface area contributed by atoms with Crippen LogP contribution in [0.2, 0.25) is 5.02 Å². The summed E-state index contributed by atoms with van der Waals surface area (Å²) in [7, 11) is 0. The second kappa shape index (κ2) is 8.89. The van der Waals surface area contributed by atoms with Crippen LogP contribution in [0.4, 0.5) is 0 Å². The highest BCUT2D eigenvalue weighted by molar-refractivity contribution is 6.30. The van der Waals surface area contributed by atoms with Crippen LogP contribution in [0.1, 0.15) is 31.7 Å². The van der Waals surface area contributed by atoms with Gasteiger partial charge in [-0.1, -0.05) is 23.7 Å². The van der Waals surface area contributed by atoms with Gasteiger partial charge in [0.25, 0.3) is 5.91 Å². The van der Waals surface area contributed by atoms with E-state index in [9.17, 15) is 9.59 Å². The molecule has 0 aliphatic carbocycles. The standard InChI is InChI=1S/C17H22ClNO4/c1-2-22-16(20)9-10-19(17(21)15-4-3-11-23-15)12-13-5-7-14(18)8-6-13/h5-8,15H,2-4,9-12H2,1H3. The Morgan fingerprint density at radius 3 is 2.70 bits per heavy atom. The highest BCUT2D eigenvalue weighted by Gasteiger charge is 2.28. The summed E-state index contributed by atoms with van der Waals surface area (Å²) in [5.74, 6) is -0.365. The summed E-state index contributed by atoms with van der Waals surface area (Å²) in [6.07, 6.45) is 1.41. The van der Waals surface area contributed by atoms with E-state index < -0.39 is 6.10 Å². The van der Waals surface area contributed by atoms with Gasteiger partial charge in [-0.3, -0.25) is 9.59 Å². The Balaban J connectivity index is 2.01. The first-order chi connectivity index (χ1) is 11.1. The SMILES string of the molecule is CCOC(=O)CCN(Cc1ccc(Cl)cc1)C(=O)C1CCCO1. The third-order valence-electron chi connectivity index (χ3n) is 3.69. The summed E-state index contributed by atoms with van der Waals surface area (Å²) in [5, 5.41) is 0.650. The molecule has 0 saturated carbocycles. The number of ether oxygens (including phenoxy) is 2. The average molecular weight is 340 g/mol. The van der Waals surface area contributed by atoms with Gasteiger partial charge in [0.1, 0.15) is 6.10 Å². The largest absolute Gasteiger partial charge is 0.466 e. The lowest BCUT2D eigenvalue weighted by Gasteiger charge is -2.25. The van der Waals surface area contributed by atoms with Gasteiger partial charge in [0.05, 0.1) is 13.0 Å². The van der Waals surface area contributed by atoms with E-state index in [1.54, 1.807) is 24.0 Å². The number of carbonyl (C=O) groups excluding carboxylic acids is 2. The molecule has 1 atom stereocenters. The number of rotatable bonds is 7. The number of hydrogen-bond donors (Lipinski definition) is 0. The summed E-state index contributed by atoms with van der Waals surface area (Å²) < 4.78 is 10.4. The molecule has 1 amide bonds. The summed E-state index contributed by atoms with van der Waals surface area (Å²) >= 11 is 5.89. The van der Waals surface area contributed by atoms with Crippen LogP contribution in [0.15, 0.2) is 24.3 Å². The molecule has 1 aliphatic rings. The highest BCUT2D eigenvalue weighted by atomic mass is 35.5. The Bertz CT molecular complexity index is 526. The highest BCUT2D eigenvalue weighted by Crippen LogP contribution is 2.18. The molecular formula is C17H22ClNO4. The van der Waals surface area contributed by atoms with E-state index >= 15 is 0 Å². The van der Waals surface area contributed by atoms with Crippen LogP contribution in [0.3, 0.4) is 0 Å². The molecule has 1 fully saturated rings. The Morgan fingerprint density at radius 1 is 1.35 bits per heavy atom. The zero-order chi connectivity index (χ0) is 16.7. The molecule has 1 unspecified atom stereocenters. The summed E-state index contributed by atoms with van der Waals surface area (Å²) in [6, 6.07) is 7.33. The molecule has 23 heavy (non-hydrogen) atoms. The monoisotopic (exact) mass is 339 g/mol. The molecule has 0 radical (unpaired) electrons. The molecule has 1 aromatic carbocycles. The number of benzene rings is 1. The van der Waals surface area contributed by atoms with E-state index in [4.69, 9.17) is 21.1 Å². The van der Waals surface area contributed by atoms with Gasteiger partial charge in [-0.2, -0.15) is 0 Å². The number of amides is 1. The van der Waals surface area contributed by atoms with Gasteiger partial charge in [0.15, 0.2) is 0 Å². The van der Waals surface area contributed by atoms with Crippen molar-refractivity contribution in [2.45, 2.75) is 38.8 Å². The second-order valence-electron chi connectivity index (χ2n) is 5.44. The van der Waals surface area contributed by atoms with Gasteiger partial charge in [-0.25, -0.2) is 0 Å². The Hall–Kier alpha value is -1.59. The van der Waals surface area contributed by atoms with Crippen molar-refractivity contribution < 1.29 is 19.1 Å². The van der Waals surface area contributed by atoms with E-state index in [1.807, 2.05) is 12.1 Å². The zero-order valence-electron chi connectivity index (χ0n) is 13.3. The van der Waals surface area contributed by atoms with Gasteiger partial charge in [0, 0.05) is 24.7 Å². The lowest BCUT2D eigenvalue weighted by molar-refractivity contribution is -0.146. The van der Waals surface area contributed by atoms with E-state index in [1.165, 1.54) is 0 Å². The Kier molecular flexibility index (Phi) is 6.86. The quantitative estimate of drug-likeness (QED) is 0.717. The van der Waals surface area contributed by atoms with E-state index in [0.717, 1.165) is 18.4 Å². The molecule has 1 heterocycles. The van der Waals surface area contributed by atoms with Gasteiger partial charge in [0.2, 0.25) is 0 Å². The maximum absolute atomic E-state index is 12.6. The van der Waals surface area contributed by atoms with Crippen LogP contribution in [0.5, 0.6) is 0 Å². The normalized spacial score (nSPS) is 17.0. The van der Waals surface area contributed by atoms with E-state index in [-0.39, 0.29) is 18.3 Å². The second-order valence-corrected chi connectivity index (χ2v) is 5.88. The van der Waals surface area contributed by atoms with Crippen LogP contribution in [0.25, 0.3) is 0 Å². The fraction of sp³-hybridized carbons (Fsp3) is 0.529. The molecule has 5 nitrogen and oxygen atoms in total. The third-order valence-corrected chi connectivity index (χ3v) is 3.95. The molecule has 1 aromatic rings. The van der Waals surface area contributed by atoms with Crippen LogP contribution in [-0.4, -0.2) is 42.6 Å². The predicted molar refractivity (Wildman–Crippen MR) is 87.1 cm³/mol. The molecule has 0 bridgehead atoms. The molecule has 2 rings (SSSR count). The smallest absolute Gasteiger partial charge is 0.307 e. The lowest BCUT2D eigenvalue weighted by Crippen LogP contribution is -2.39. The van der Waals surface area contributed by atoms with Crippen molar-refractivity contribution >= 4 is 23.5 Å². The summed E-state index contributed by atoms with van der Waals surface area (Å²) in [6.45, 7) is 3.47. The fourth-order valence-corrected chi connectivity index (χ4v) is 2.64. The first kappa shape index (κ1) is 17.8. The van der Waals surface area contributed by atoms with Gasteiger partial charge in [-0.05, 0) is 37.5 Å². The van der Waals surface area contributed by atoms with Crippen LogP contribution in [-0.2, 0) is 25.6 Å². The molecule has 0 spiro atoms. The van der Waals surface area contributed by atoms with Crippen LogP contribution < -0.4 is 0 Å². The Morgan fingerprint density at radius 2 is 2.09 bits per heavy atom. The van der Waals surface area contributed by atoms with Crippen molar-refractivity contribution in [3.63, 3.8) is 0 Å². The van der Waals surface area contributed by atoms with Gasteiger partial charge >= 0.3 is 5.97 Å². The number of carbonyl (C=O) groups is 2. The topological polar surface area (TPSA) is 55.8 Å². The minimum Gasteiger partial charge on any atom is -0.466 e. The van der Waals surface area contributed by atoms with Crippen molar-refractivity contribution in [3.05, 3.63) is 34.9 Å². The van der Waals surface area contributed by atoms with Crippen LogP contribution >= 0.6 is 11.6 Å².